The molecule has 0 bridgehead atoms. The van der Waals surface area contributed by atoms with Gasteiger partial charge in [-0.05, 0) is 35.7 Å². The lowest BCUT2D eigenvalue weighted by Crippen LogP contribution is -2.06. The lowest BCUT2D eigenvalue weighted by molar-refractivity contribution is -0.114. The number of anilines is 1. The van der Waals surface area contributed by atoms with Gasteiger partial charge in [0.1, 0.15) is 0 Å². The third-order valence-electron chi connectivity index (χ3n) is 3.13. The molecule has 2 N–H and O–H groups in total. The van der Waals surface area contributed by atoms with Crippen LogP contribution in [0, 0.1) is 0 Å². The molecule has 110 valence electrons. The minimum Gasteiger partial charge on any atom is -0.478 e. The van der Waals surface area contributed by atoms with Crippen LogP contribution in [0.3, 0.4) is 0 Å². The largest absolute Gasteiger partial charge is 0.478 e. The van der Waals surface area contributed by atoms with Gasteiger partial charge in [0, 0.05) is 18.0 Å². The quantitative estimate of drug-likeness (QED) is 0.774. The van der Waals surface area contributed by atoms with Gasteiger partial charge in [0.15, 0.2) is 0 Å². The molecular weight excluding hydrogens is 300 g/mol. The second-order valence-electron chi connectivity index (χ2n) is 4.75. The number of hydrogen-bond acceptors (Lipinski definition) is 4. The van der Waals surface area contributed by atoms with Gasteiger partial charge in [-0.1, -0.05) is 6.07 Å². The number of benzene rings is 1. The molecule has 0 unspecified atom stereocenters. The molecule has 0 fully saturated rings. The molecule has 0 aliphatic heterocycles. The third kappa shape index (κ3) is 2.68. The Hall–Kier alpha value is -2.73. The molecule has 0 saturated heterocycles. The first-order chi connectivity index (χ1) is 10.5. The Balaban J connectivity index is 2.23. The van der Waals surface area contributed by atoms with Crippen molar-refractivity contribution in [2.75, 3.05) is 5.32 Å². The first-order valence-corrected chi connectivity index (χ1v) is 7.42. The Morgan fingerprint density at radius 3 is 2.68 bits per heavy atom. The fourth-order valence-electron chi connectivity index (χ4n) is 2.24. The Bertz CT molecular complexity index is 872. The summed E-state index contributed by atoms with van der Waals surface area (Å²) in [5, 5.41) is 14.6. The van der Waals surface area contributed by atoms with Gasteiger partial charge in [-0.25, -0.2) is 9.78 Å². The molecule has 3 aromatic rings. The molecular formula is C16H12N2O3S. The topological polar surface area (TPSA) is 79.3 Å². The van der Waals surface area contributed by atoms with E-state index in [1.165, 1.54) is 18.3 Å². The van der Waals surface area contributed by atoms with Crippen molar-refractivity contribution in [2.24, 2.45) is 0 Å². The number of nitrogens with one attached hydrogen (secondary N) is 1. The van der Waals surface area contributed by atoms with Gasteiger partial charge >= 0.3 is 5.97 Å². The van der Waals surface area contributed by atoms with E-state index in [-0.39, 0.29) is 11.5 Å². The zero-order valence-electron chi connectivity index (χ0n) is 11.7. The smallest absolute Gasteiger partial charge is 0.336 e. The molecule has 5 nitrogen and oxygen atoms in total. The lowest BCUT2D eigenvalue weighted by atomic mass is 10.1. The van der Waals surface area contributed by atoms with E-state index in [1.807, 2.05) is 17.5 Å². The van der Waals surface area contributed by atoms with Crippen molar-refractivity contribution in [3.8, 4) is 10.6 Å². The number of aromatic nitrogens is 1. The van der Waals surface area contributed by atoms with E-state index in [0.29, 0.717) is 22.3 Å². The predicted molar refractivity (Wildman–Crippen MR) is 86.3 cm³/mol. The SMILES string of the molecule is CC(=O)Nc1ccc2c(C(=O)O)cc(-c3cccs3)nc2c1. The van der Waals surface area contributed by atoms with Crippen molar-refractivity contribution < 1.29 is 14.7 Å². The highest BCUT2D eigenvalue weighted by Crippen LogP contribution is 2.29. The predicted octanol–water partition coefficient (Wildman–Crippen LogP) is 3.62. The zero-order valence-corrected chi connectivity index (χ0v) is 12.5. The standard InChI is InChI=1S/C16H12N2O3S/c1-9(19)17-10-4-5-11-12(16(20)21)8-14(18-13(11)7-10)15-3-2-6-22-15/h2-8H,1H3,(H,17,19)(H,20,21). The molecule has 0 saturated carbocycles. The van der Waals surface area contributed by atoms with Crippen LogP contribution in [0.2, 0.25) is 0 Å². The van der Waals surface area contributed by atoms with Crippen molar-refractivity contribution in [3.05, 3.63) is 47.3 Å². The fourth-order valence-corrected chi connectivity index (χ4v) is 2.92. The number of carbonyl (C=O) groups is 2. The summed E-state index contributed by atoms with van der Waals surface area (Å²) in [6.45, 7) is 1.42. The van der Waals surface area contributed by atoms with Crippen molar-refractivity contribution >= 4 is 39.8 Å². The van der Waals surface area contributed by atoms with E-state index in [9.17, 15) is 14.7 Å². The Labute approximate surface area is 130 Å². The molecule has 22 heavy (non-hydrogen) atoms. The highest BCUT2D eigenvalue weighted by atomic mass is 32.1. The number of carboxylic acids is 1. The minimum atomic E-state index is -1.00. The van der Waals surface area contributed by atoms with Crippen LogP contribution in [0.15, 0.2) is 41.8 Å². The summed E-state index contributed by atoms with van der Waals surface area (Å²) in [6.07, 6.45) is 0. The van der Waals surface area contributed by atoms with Crippen LogP contribution >= 0.6 is 11.3 Å². The summed E-state index contributed by atoms with van der Waals surface area (Å²) in [7, 11) is 0. The number of amides is 1. The Morgan fingerprint density at radius 2 is 2.05 bits per heavy atom. The highest BCUT2D eigenvalue weighted by Gasteiger charge is 2.14. The maximum absolute atomic E-state index is 11.5. The van der Waals surface area contributed by atoms with Gasteiger partial charge < -0.3 is 10.4 Å². The van der Waals surface area contributed by atoms with Crippen LogP contribution in [0.4, 0.5) is 5.69 Å². The van der Waals surface area contributed by atoms with E-state index in [1.54, 1.807) is 24.3 Å². The van der Waals surface area contributed by atoms with Gasteiger partial charge in [-0.2, -0.15) is 0 Å². The van der Waals surface area contributed by atoms with Crippen molar-refractivity contribution in [1.29, 1.82) is 0 Å². The second kappa shape index (κ2) is 5.57. The molecule has 0 aliphatic rings. The molecule has 3 rings (SSSR count). The number of hydrogen-bond donors (Lipinski definition) is 2. The van der Waals surface area contributed by atoms with Gasteiger partial charge in [-0.15, -0.1) is 11.3 Å². The van der Waals surface area contributed by atoms with E-state index in [4.69, 9.17) is 0 Å². The van der Waals surface area contributed by atoms with Gasteiger partial charge in [0.05, 0.1) is 21.7 Å². The van der Waals surface area contributed by atoms with Crippen molar-refractivity contribution in [3.63, 3.8) is 0 Å². The van der Waals surface area contributed by atoms with Crippen LogP contribution in [0.5, 0.6) is 0 Å². The molecule has 0 spiro atoms. The second-order valence-corrected chi connectivity index (χ2v) is 5.70. The van der Waals surface area contributed by atoms with E-state index in [2.05, 4.69) is 10.3 Å². The average molecular weight is 312 g/mol. The molecule has 6 heteroatoms. The van der Waals surface area contributed by atoms with Gasteiger partial charge in [0.2, 0.25) is 5.91 Å². The van der Waals surface area contributed by atoms with Crippen LogP contribution in [0.25, 0.3) is 21.5 Å². The molecule has 2 heterocycles. The summed E-state index contributed by atoms with van der Waals surface area (Å²) in [5.74, 6) is -1.19. The molecule has 0 radical (unpaired) electrons. The van der Waals surface area contributed by atoms with E-state index < -0.39 is 5.97 Å². The average Bonchev–Trinajstić information content (AvgIpc) is 2.99. The normalized spacial score (nSPS) is 10.6. The van der Waals surface area contributed by atoms with E-state index in [0.717, 1.165) is 4.88 Å². The van der Waals surface area contributed by atoms with Crippen molar-refractivity contribution in [1.82, 2.24) is 4.98 Å². The fraction of sp³-hybridized carbons (Fsp3) is 0.0625. The van der Waals surface area contributed by atoms with Crippen molar-refractivity contribution in [2.45, 2.75) is 6.92 Å². The van der Waals surface area contributed by atoms with Crippen LogP contribution in [-0.4, -0.2) is 22.0 Å². The molecule has 1 amide bonds. The number of carboxylic acid groups (broad SMARTS) is 1. The first kappa shape index (κ1) is 14.2. The number of aromatic carboxylic acids is 1. The number of nitrogens with zero attached hydrogens (tertiary/aromatic N) is 1. The molecule has 0 aliphatic carbocycles. The van der Waals surface area contributed by atoms with Crippen LogP contribution < -0.4 is 5.32 Å². The zero-order chi connectivity index (χ0) is 15.7. The summed E-state index contributed by atoms with van der Waals surface area (Å²) in [6, 6.07) is 10.4. The summed E-state index contributed by atoms with van der Waals surface area (Å²) in [4.78, 5) is 28.1. The van der Waals surface area contributed by atoms with Crippen LogP contribution in [0.1, 0.15) is 17.3 Å². The maximum atomic E-state index is 11.5. The monoisotopic (exact) mass is 312 g/mol. The molecule has 1 aromatic carbocycles. The number of carbonyl (C=O) groups excluding carboxylic acids is 1. The summed E-state index contributed by atoms with van der Waals surface area (Å²) < 4.78 is 0. The Kier molecular flexibility index (Phi) is 3.60. The lowest BCUT2D eigenvalue weighted by Gasteiger charge is -2.08. The maximum Gasteiger partial charge on any atom is 0.336 e. The Morgan fingerprint density at radius 1 is 1.23 bits per heavy atom. The molecule has 2 aromatic heterocycles. The molecule has 0 atom stereocenters. The highest BCUT2D eigenvalue weighted by molar-refractivity contribution is 7.13. The summed E-state index contributed by atoms with van der Waals surface area (Å²) in [5.41, 5.74) is 1.93. The van der Waals surface area contributed by atoms with Crippen LogP contribution in [-0.2, 0) is 4.79 Å². The van der Waals surface area contributed by atoms with E-state index >= 15 is 0 Å². The van der Waals surface area contributed by atoms with Gasteiger partial charge in [0.25, 0.3) is 0 Å². The summed E-state index contributed by atoms with van der Waals surface area (Å²) >= 11 is 1.49. The third-order valence-corrected chi connectivity index (χ3v) is 4.03. The van der Waals surface area contributed by atoms with Gasteiger partial charge in [-0.3, -0.25) is 4.79 Å². The number of pyridine rings is 1. The first-order valence-electron chi connectivity index (χ1n) is 6.54. The minimum absolute atomic E-state index is 0.188. The number of thiophene rings is 1. The number of fused-ring (bicyclic) bond motifs is 1. The number of rotatable bonds is 3.